The molecule has 1 aromatic carbocycles. The normalized spacial score (nSPS) is 16.7. The highest BCUT2D eigenvalue weighted by molar-refractivity contribution is 7.89. The maximum atomic E-state index is 12.4. The minimum Gasteiger partial charge on any atom is -0.370 e. The van der Waals surface area contributed by atoms with Gasteiger partial charge in [0.15, 0.2) is 5.96 Å². The van der Waals surface area contributed by atoms with Crippen molar-refractivity contribution in [3.05, 3.63) is 29.8 Å². The van der Waals surface area contributed by atoms with Gasteiger partial charge in [0, 0.05) is 19.6 Å². The fraction of sp³-hybridized carbons (Fsp3) is 0.562. The molecule has 0 aromatic heterocycles. The third-order valence-electron chi connectivity index (χ3n) is 3.89. The highest BCUT2D eigenvalue weighted by Gasteiger charge is 2.26. The summed E-state index contributed by atoms with van der Waals surface area (Å²) in [6.45, 7) is 4.61. The van der Waals surface area contributed by atoms with Crippen molar-refractivity contribution in [1.29, 1.82) is 0 Å². The molecule has 3 N–H and O–H groups in total. The topological polar surface area (TPSA) is 87.8 Å². The van der Waals surface area contributed by atoms with E-state index in [1.54, 1.807) is 28.6 Å². The van der Waals surface area contributed by atoms with Crippen LogP contribution in [-0.2, 0) is 16.6 Å². The molecule has 0 aliphatic carbocycles. The van der Waals surface area contributed by atoms with Crippen LogP contribution in [0.2, 0.25) is 0 Å². The number of benzene rings is 1. The van der Waals surface area contributed by atoms with Gasteiger partial charge in [0.2, 0.25) is 10.0 Å². The summed E-state index contributed by atoms with van der Waals surface area (Å²) in [4.78, 5) is 4.61. The van der Waals surface area contributed by atoms with Crippen LogP contribution in [0.3, 0.4) is 0 Å². The Kier molecular flexibility index (Phi) is 6.41. The van der Waals surface area contributed by atoms with Crippen LogP contribution in [0.1, 0.15) is 38.2 Å². The molecule has 128 valence electrons. The third kappa shape index (κ3) is 4.94. The van der Waals surface area contributed by atoms with Crippen LogP contribution < -0.4 is 11.1 Å². The molecule has 1 aliphatic rings. The first-order valence-electron chi connectivity index (χ1n) is 8.17. The summed E-state index contributed by atoms with van der Waals surface area (Å²) in [6, 6.07) is 6.90. The van der Waals surface area contributed by atoms with Crippen molar-refractivity contribution in [2.24, 2.45) is 10.7 Å². The molecule has 2 rings (SSSR count). The van der Waals surface area contributed by atoms with Crippen molar-refractivity contribution in [2.45, 2.75) is 44.0 Å². The lowest BCUT2D eigenvalue weighted by Gasteiger charge is -2.15. The van der Waals surface area contributed by atoms with E-state index in [0.29, 0.717) is 30.5 Å². The Morgan fingerprint density at radius 1 is 1.26 bits per heavy atom. The van der Waals surface area contributed by atoms with Crippen molar-refractivity contribution in [3.63, 3.8) is 0 Å². The highest BCUT2D eigenvalue weighted by atomic mass is 32.2. The van der Waals surface area contributed by atoms with Crippen molar-refractivity contribution >= 4 is 16.0 Å². The Morgan fingerprint density at radius 3 is 2.52 bits per heavy atom. The third-order valence-corrected chi connectivity index (χ3v) is 5.81. The van der Waals surface area contributed by atoms with Crippen LogP contribution in [0.4, 0.5) is 0 Å². The van der Waals surface area contributed by atoms with Crippen LogP contribution in [-0.4, -0.2) is 38.3 Å². The molecule has 0 bridgehead atoms. The summed E-state index contributed by atoms with van der Waals surface area (Å²) in [5, 5.41) is 3.05. The molecule has 0 amide bonds. The predicted molar refractivity (Wildman–Crippen MR) is 92.7 cm³/mol. The number of nitrogens with two attached hydrogens (primary N) is 1. The smallest absolute Gasteiger partial charge is 0.243 e. The highest BCUT2D eigenvalue weighted by Crippen LogP contribution is 2.21. The van der Waals surface area contributed by atoms with E-state index in [2.05, 4.69) is 17.2 Å². The molecule has 0 saturated carbocycles. The van der Waals surface area contributed by atoms with E-state index in [1.807, 2.05) is 0 Å². The predicted octanol–water partition coefficient (Wildman–Crippen LogP) is 1.68. The number of rotatable bonds is 7. The Balaban J connectivity index is 1.95. The molecule has 1 saturated heterocycles. The van der Waals surface area contributed by atoms with E-state index in [9.17, 15) is 8.42 Å². The largest absolute Gasteiger partial charge is 0.370 e. The van der Waals surface area contributed by atoms with Gasteiger partial charge in [-0.05, 0) is 37.0 Å². The molecular weight excluding hydrogens is 312 g/mol. The molecule has 1 fully saturated rings. The van der Waals surface area contributed by atoms with Gasteiger partial charge < -0.3 is 11.1 Å². The number of nitrogens with zero attached hydrogens (tertiary/aromatic N) is 2. The maximum absolute atomic E-state index is 12.4. The fourth-order valence-corrected chi connectivity index (χ4v) is 3.99. The quantitative estimate of drug-likeness (QED) is 0.450. The van der Waals surface area contributed by atoms with Gasteiger partial charge in [0.05, 0.1) is 11.4 Å². The number of sulfonamides is 1. The van der Waals surface area contributed by atoms with Crippen molar-refractivity contribution in [3.8, 4) is 0 Å². The van der Waals surface area contributed by atoms with E-state index in [-0.39, 0.29) is 0 Å². The van der Waals surface area contributed by atoms with E-state index in [1.165, 1.54) is 0 Å². The molecule has 6 nitrogen and oxygen atoms in total. The van der Waals surface area contributed by atoms with Crippen LogP contribution in [0.25, 0.3) is 0 Å². The van der Waals surface area contributed by atoms with E-state index in [0.717, 1.165) is 37.8 Å². The Hall–Kier alpha value is -1.60. The van der Waals surface area contributed by atoms with Gasteiger partial charge in [0.1, 0.15) is 0 Å². The zero-order valence-corrected chi connectivity index (χ0v) is 14.5. The Bertz CT molecular complexity index is 620. The molecule has 0 atom stereocenters. The lowest BCUT2D eigenvalue weighted by molar-refractivity contribution is 0.477. The van der Waals surface area contributed by atoms with Gasteiger partial charge >= 0.3 is 0 Å². The van der Waals surface area contributed by atoms with E-state index < -0.39 is 10.0 Å². The van der Waals surface area contributed by atoms with Gasteiger partial charge in [0.25, 0.3) is 0 Å². The number of aliphatic imine (C=N–C) groups is 1. The van der Waals surface area contributed by atoms with Crippen molar-refractivity contribution in [1.82, 2.24) is 9.62 Å². The van der Waals surface area contributed by atoms with Gasteiger partial charge in [-0.25, -0.2) is 13.4 Å². The van der Waals surface area contributed by atoms with Gasteiger partial charge in [-0.15, -0.1) is 0 Å². The average molecular weight is 338 g/mol. The summed E-state index contributed by atoms with van der Waals surface area (Å²) in [6.07, 6.45) is 4.04. The minimum absolute atomic E-state index is 0.348. The molecule has 0 spiro atoms. The van der Waals surface area contributed by atoms with Gasteiger partial charge in [-0.1, -0.05) is 25.5 Å². The Morgan fingerprint density at radius 2 is 1.91 bits per heavy atom. The van der Waals surface area contributed by atoms with E-state index in [4.69, 9.17) is 5.73 Å². The van der Waals surface area contributed by atoms with Crippen LogP contribution in [0.5, 0.6) is 0 Å². The second-order valence-corrected chi connectivity index (χ2v) is 7.67. The zero-order chi connectivity index (χ0) is 16.7. The number of nitrogens with one attached hydrogen (secondary N) is 1. The first kappa shape index (κ1) is 17.7. The molecule has 23 heavy (non-hydrogen) atoms. The average Bonchev–Trinajstić information content (AvgIpc) is 3.09. The zero-order valence-electron chi connectivity index (χ0n) is 13.7. The van der Waals surface area contributed by atoms with Crippen LogP contribution in [0.15, 0.2) is 34.2 Å². The maximum Gasteiger partial charge on any atom is 0.243 e. The minimum atomic E-state index is -3.34. The molecular formula is C16H26N4O2S. The van der Waals surface area contributed by atoms with Gasteiger partial charge in [-0.3, -0.25) is 0 Å². The SMILES string of the molecule is CCCCNC(N)=NCc1ccc(S(=O)(=O)N2CCCC2)cc1. The summed E-state index contributed by atoms with van der Waals surface area (Å²) in [5.41, 5.74) is 6.72. The molecule has 7 heteroatoms. The van der Waals surface area contributed by atoms with E-state index >= 15 is 0 Å². The molecule has 1 aromatic rings. The van der Waals surface area contributed by atoms with Crippen molar-refractivity contribution in [2.75, 3.05) is 19.6 Å². The lowest BCUT2D eigenvalue weighted by atomic mass is 10.2. The summed E-state index contributed by atoms with van der Waals surface area (Å²) in [5.74, 6) is 0.423. The molecule has 1 heterocycles. The summed E-state index contributed by atoms with van der Waals surface area (Å²) in [7, 11) is -3.34. The summed E-state index contributed by atoms with van der Waals surface area (Å²) >= 11 is 0. The second kappa shape index (κ2) is 8.31. The number of hydrogen-bond acceptors (Lipinski definition) is 3. The molecule has 0 radical (unpaired) electrons. The number of guanidine groups is 1. The van der Waals surface area contributed by atoms with Crippen LogP contribution in [0, 0.1) is 0 Å². The van der Waals surface area contributed by atoms with Gasteiger partial charge in [-0.2, -0.15) is 4.31 Å². The molecule has 1 aliphatic heterocycles. The molecule has 0 unspecified atom stereocenters. The van der Waals surface area contributed by atoms with Crippen LogP contribution >= 0.6 is 0 Å². The Labute approximate surface area is 138 Å². The standard InChI is InChI=1S/C16H26N4O2S/c1-2-3-10-18-16(17)19-13-14-6-8-15(9-7-14)23(21,22)20-11-4-5-12-20/h6-9H,2-5,10-13H2,1H3,(H3,17,18,19). The first-order chi connectivity index (χ1) is 11.0. The summed E-state index contributed by atoms with van der Waals surface area (Å²) < 4.78 is 26.4. The monoisotopic (exact) mass is 338 g/mol. The number of hydrogen-bond donors (Lipinski definition) is 2. The number of unbranched alkanes of at least 4 members (excludes halogenated alkanes) is 1. The first-order valence-corrected chi connectivity index (χ1v) is 9.61. The lowest BCUT2D eigenvalue weighted by Crippen LogP contribution is -2.32. The fourth-order valence-electron chi connectivity index (χ4n) is 2.47. The second-order valence-electron chi connectivity index (χ2n) is 5.74. The van der Waals surface area contributed by atoms with Crippen molar-refractivity contribution < 1.29 is 8.42 Å².